The van der Waals surface area contributed by atoms with E-state index >= 15 is 0 Å². The second kappa shape index (κ2) is 6.39. The molecule has 13 heavy (non-hydrogen) atoms. The highest BCUT2D eigenvalue weighted by molar-refractivity contribution is 4.77. The minimum absolute atomic E-state index is 0.360. The van der Waals surface area contributed by atoms with E-state index in [1.807, 2.05) is 0 Å². The molecule has 0 aromatic carbocycles. The van der Waals surface area contributed by atoms with E-state index in [4.69, 9.17) is 5.11 Å². The molecular weight excluding hydrogens is 162 g/mol. The third-order valence-corrected chi connectivity index (χ3v) is 3.12. The molecule has 0 aromatic rings. The van der Waals surface area contributed by atoms with Crippen molar-refractivity contribution < 1.29 is 5.11 Å². The summed E-state index contributed by atoms with van der Waals surface area (Å²) in [5, 5.41) is 8.60. The molecule has 2 heteroatoms. The lowest BCUT2D eigenvalue weighted by Gasteiger charge is -2.34. The summed E-state index contributed by atoms with van der Waals surface area (Å²) >= 11 is 0. The summed E-state index contributed by atoms with van der Waals surface area (Å²) in [5.74, 6) is 0. The Morgan fingerprint density at radius 1 is 1.15 bits per heavy atom. The van der Waals surface area contributed by atoms with Crippen molar-refractivity contribution in [2.24, 2.45) is 0 Å². The van der Waals surface area contributed by atoms with Crippen LogP contribution in [0.25, 0.3) is 0 Å². The maximum atomic E-state index is 8.60. The molecule has 0 spiro atoms. The van der Waals surface area contributed by atoms with Crippen LogP contribution >= 0.6 is 0 Å². The lowest BCUT2D eigenvalue weighted by atomic mass is 9.92. The number of rotatable bonds is 7. The summed E-state index contributed by atoms with van der Waals surface area (Å²) in [4.78, 5) is 2.50. The zero-order valence-corrected chi connectivity index (χ0v) is 8.84. The van der Waals surface area contributed by atoms with Gasteiger partial charge in [-0.2, -0.15) is 0 Å². The van der Waals surface area contributed by atoms with E-state index in [2.05, 4.69) is 11.9 Å². The van der Waals surface area contributed by atoms with Crippen molar-refractivity contribution in [1.82, 2.24) is 4.90 Å². The normalized spacial score (nSPS) is 17.8. The molecule has 1 aliphatic rings. The van der Waals surface area contributed by atoms with Crippen LogP contribution in [0.2, 0.25) is 0 Å². The number of aliphatic hydroxyl groups excluding tert-OH is 1. The lowest BCUT2D eigenvalue weighted by molar-refractivity contribution is 0.156. The van der Waals surface area contributed by atoms with E-state index < -0.39 is 0 Å². The number of unbranched alkanes of at least 4 members (excludes halogenated alkanes) is 3. The molecule has 78 valence electrons. The number of aliphatic hydroxyl groups is 1. The third-order valence-electron chi connectivity index (χ3n) is 3.12. The number of hydrogen-bond acceptors (Lipinski definition) is 2. The molecule has 0 bridgehead atoms. The maximum absolute atomic E-state index is 8.60. The van der Waals surface area contributed by atoms with Crippen molar-refractivity contribution in [2.45, 2.75) is 51.0 Å². The largest absolute Gasteiger partial charge is 0.396 e. The monoisotopic (exact) mass is 185 g/mol. The van der Waals surface area contributed by atoms with Gasteiger partial charge in [0.15, 0.2) is 0 Å². The molecule has 0 heterocycles. The summed E-state index contributed by atoms with van der Waals surface area (Å²) in [6.45, 7) is 1.61. The van der Waals surface area contributed by atoms with Crippen molar-refractivity contribution in [3.8, 4) is 0 Å². The molecule has 1 aliphatic carbocycles. The molecule has 1 rings (SSSR count). The van der Waals surface area contributed by atoms with Gasteiger partial charge in [-0.3, -0.25) is 0 Å². The minimum atomic E-state index is 0.360. The van der Waals surface area contributed by atoms with E-state index in [1.54, 1.807) is 0 Å². The van der Waals surface area contributed by atoms with Crippen LogP contribution in [0.3, 0.4) is 0 Å². The Hall–Kier alpha value is -0.0800. The van der Waals surface area contributed by atoms with Gasteiger partial charge >= 0.3 is 0 Å². The molecule has 1 N–H and O–H groups in total. The highest BCUT2D eigenvalue weighted by atomic mass is 16.2. The van der Waals surface area contributed by atoms with Crippen LogP contribution in [-0.4, -0.2) is 36.2 Å². The summed E-state index contributed by atoms with van der Waals surface area (Å²) in [6, 6.07) is 0.887. The Kier molecular flexibility index (Phi) is 5.40. The summed E-state index contributed by atoms with van der Waals surface area (Å²) in [7, 11) is 2.25. The Morgan fingerprint density at radius 2 is 1.85 bits per heavy atom. The van der Waals surface area contributed by atoms with E-state index in [-0.39, 0.29) is 0 Å². The fourth-order valence-corrected chi connectivity index (χ4v) is 1.84. The molecule has 1 fully saturated rings. The Labute approximate surface area is 81.9 Å². The summed E-state index contributed by atoms with van der Waals surface area (Å²) in [5.41, 5.74) is 0. The first-order valence-corrected chi connectivity index (χ1v) is 5.65. The first-order chi connectivity index (χ1) is 6.34. The standard InChI is InChI=1S/C11H23NO/c1-12(11-7-6-8-11)9-4-2-3-5-10-13/h11,13H,2-10H2,1H3. The fraction of sp³-hybridized carbons (Fsp3) is 1.00. The van der Waals surface area contributed by atoms with Gasteiger partial charge in [-0.05, 0) is 39.3 Å². The summed E-state index contributed by atoms with van der Waals surface area (Å²) < 4.78 is 0. The van der Waals surface area contributed by atoms with Crippen LogP contribution in [-0.2, 0) is 0 Å². The Bertz CT molecular complexity index is 123. The topological polar surface area (TPSA) is 23.5 Å². The average molecular weight is 185 g/mol. The highest BCUT2D eigenvalue weighted by Crippen LogP contribution is 2.23. The van der Waals surface area contributed by atoms with Crippen molar-refractivity contribution >= 4 is 0 Å². The van der Waals surface area contributed by atoms with E-state index in [9.17, 15) is 0 Å². The second-order valence-electron chi connectivity index (χ2n) is 4.20. The van der Waals surface area contributed by atoms with Gasteiger partial charge in [-0.25, -0.2) is 0 Å². The molecule has 0 unspecified atom stereocenters. The molecule has 0 amide bonds. The zero-order valence-electron chi connectivity index (χ0n) is 8.84. The second-order valence-corrected chi connectivity index (χ2v) is 4.20. The third kappa shape index (κ3) is 4.10. The fourth-order valence-electron chi connectivity index (χ4n) is 1.84. The molecule has 0 atom stereocenters. The Balaban J connectivity index is 1.86. The van der Waals surface area contributed by atoms with Gasteiger partial charge in [0.25, 0.3) is 0 Å². The van der Waals surface area contributed by atoms with E-state index in [1.165, 1.54) is 45.1 Å². The van der Waals surface area contributed by atoms with Gasteiger partial charge in [0.05, 0.1) is 0 Å². The van der Waals surface area contributed by atoms with Crippen LogP contribution in [0.1, 0.15) is 44.9 Å². The van der Waals surface area contributed by atoms with Gasteiger partial charge in [0.2, 0.25) is 0 Å². The molecule has 0 saturated heterocycles. The first kappa shape index (κ1) is 11.0. The average Bonchev–Trinajstić information content (AvgIpc) is 2.01. The smallest absolute Gasteiger partial charge is 0.0431 e. The SMILES string of the molecule is CN(CCCCCCO)C1CCC1. The van der Waals surface area contributed by atoms with Gasteiger partial charge in [-0.1, -0.05) is 19.3 Å². The zero-order chi connectivity index (χ0) is 9.52. The molecule has 0 radical (unpaired) electrons. The molecule has 0 aromatic heterocycles. The number of nitrogens with zero attached hydrogens (tertiary/aromatic N) is 1. The van der Waals surface area contributed by atoms with Gasteiger partial charge < -0.3 is 10.0 Å². The van der Waals surface area contributed by atoms with Gasteiger partial charge in [0.1, 0.15) is 0 Å². The Morgan fingerprint density at radius 3 is 2.38 bits per heavy atom. The summed E-state index contributed by atoms with van der Waals surface area (Å²) in [6.07, 6.45) is 8.99. The van der Waals surface area contributed by atoms with Crippen molar-refractivity contribution in [3.05, 3.63) is 0 Å². The van der Waals surface area contributed by atoms with E-state index in [0.29, 0.717) is 6.61 Å². The lowest BCUT2D eigenvalue weighted by Crippen LogP contribution is -2.37. The van der Waals surface area contributed by atoms with Gasteiger partial charge in [0, 0.05) is 12.6 Å². The van der Waals surface area contributed by atoms with Crippen molar-refractivity contribution in [1.29, 1.82) is 0 Å². The maximum Gasteiger partial charge on any atom is 0.0431 e. The van der Waals surface area contributed by atoms with Crippen molar-refractivity contribution in [3.63, 3.8) is 0 Å². The molecule has 0 aliphatic heterocycles. The van der Waals surface area contributed by atoms with Crippen LogP contribution in [0.5, 0.6) is 0 Å². The van der Waals surface area contributed by atoms with Crippen LogP contribution in [0, 0.1) is 0 Å². The first-order valence-electron chi connectivity index (χ1n) is 5.65. The van der Waals surface area contributed by atoms with Gasteiger partial charge in [-0.15, -0.1) is 0 Å². The number of hydrogen-bond donors (Lipinski definition) is 1. The predicted molar refractivity (Wildman–Crippen MR) is 55.8 cm³/mol. The molecular formula is C11H23NO. The van der Waals surface area contributed by atoms with Crippen LogP contribution < -0.4 is 0 Å². The highest BCUT2D eigenvalue weighted by Gasteiger charge is 2.20. The minimum Gasteiger partial charge on any atom is -0.396 e. The molecule has 1 saturated carbocycles. The van der Waals surface area contributed by atoms with Crippen LogP contribution in [0.15, 0.2) is 0 Å². The van der Waals surface area contributed by atoms with E-state index in [0.717, 1.165) is 12.5 Å². The quantitative estimate of drug-likeness (QED) is 0.613. The molecule has 2 nitrogen and oxygen atoms in total. The van der Waals surface area contributed by atoms with Crippen molar-refractivity contribution in [2.75, 3.05) is 20.2 Å². The van der Waals surface area contributed by atoms with Crippen LogP contribution in [0.4, 0.5) is 0 Å². The predicted octanol–water partition coefficient (Wildman–Crippen LogP) is 2.02.